The molecule has 0 aliphatic rings. The van der Waals surface area contributed by atoms with Gasteiger partial charge in [0.2, 0.25) is 0 Å². The minimum absolute atomic E-state index is 0.127. The Bertz CT molecular complexity index is 1010. The third kappa shape index (κ3) is 5.56. The van der Waals surface area contributed by atoms with Crippen LogP contribution in [0, 0.1) is 0 Å². The van der Waals surface area contributed by atoms with Crippen LogP contribution in [0.4, 0.5) is 11.4 Å². The normalized spacial score (nSPS) is 10.3. The van der Waals surface area contributed by atoms with Crippen molar-refractivity contribution in [1.29, 1.82) is 0 Å². The van der Waals surface area contributed by atoms with E-state index in [9.17, 15) is 9.59 Å². The first kappa shape index (κ1) is 20.4. The molecular formula is C22H20ClN3O3. The molecule has 29 heavy (non-hydrogen) atoms. The van der Waals surface area contributed by atoms with Gasteiger partial charge < -0.3 is 15.4 Å². The van der Waals surface area contributed by atoms with Crippen molar-refractivity contribution in [3.05, 3.63) is 83.1 Å². The van der Waals surface area contributed by atoms with E-state index in [-0.39, 0.29) is 17.0 Å². The first-order valence-electron chi connectivity index (χ1n) is 9.13. The molecule has 0 atom stereocenters. The average Bonchev–Trinajstić information content (AvgIpc) is 2.75. The van der Waals surface area contributed by atoms with Gasteiger partial charge in [0.05, 0.1) is 24.2 Å². The maximum absolute atomic E-state index is 12.6. The van der Waals surface area contributed by atoms with Crippen LogP contribution in [-0.4, -0.2) is 23.4 Å². The third-order valence-electron chi connectivity index (χ3n) is 3.95. The maximum Gasteiger partial charge on any atom is 0.255 e. The van der Waals surface area contributed by atoms with Crippen LogP contribution in [0.1, 0.15) is 34.1 Å². The summed E-state index contributed by atoms with van der Waals surface area (Å²) in [6.07, 6.45) is 2.31. The highest BCUT2D eigenvalue weighted by atomic mass is 35.5. The van der Waals surface area contributed by atoms with Gasteiger partial charge in [0.25, 0.3) is 11.8 Å². The first-order chi connectivity index (χ1) is 14.1. The molecular weight excluding hydrogens is 390 g/mol. The number of rotatable bonds is 7. The molecule has 0 bridgehead atoms. The SMILES string of the molecule is CCCOc1cccc(C(=O)Nc2cnc(Cl)c(NC(=O)c3ccccc3)c2)c1. The van der Waals surface area contributed by atoms with Crippen molar-refractivity contribution in [2.24, 2.45) is 0 Å². The van der Waals surface area contributed by atoms with Gasteiger partial charge in [-0.1, -0.05) is 42.8 Å². The summed E-state index contributed by atoms with van der Waals surface area (Å²) in [6.45, 7) is 2.59. The van der Waals surface area contributed by atoms with Crippen LogP contribution in [0.2, 0.25) is 5.15 Å². The Balaban J connectivity index is 1.72. The van der Waals surface area contributed by atoms with E-state index in [0.29, 0.717) is 34.9 Å². The number of nitrogens with one attached hydrogen (secondary N) is 2. The van der Waals surface area contributed by atoms with Crippen LogP contribution in [0.15, 0.2) is 66.9 Å². The zero-order chi connectivity index (χ0) is 20.6. The number of ether oxygens (including phenoxy) is 1. The van der Waals surface area contributed by atoms with Gasteiger partial charge in [-0.3, -0.25) is 9.59 Å². The third-order valence-corrected chi connectivity index (χ3v) is 4.25. The number of carbonyl (C=O) groups is 2. The van der Waals surface area contributed by atoms with E-state index < -0.39 is 0 Å². The monoisotopic (exact) mass is 409 g/mol. The number of nitrogens with zero attached hydrogens (tertiary/aromatic N) is 1. The molecule has 0 radical (unpaired) electrons. The van der Waals surface area contributed by atoms with E-state index in [2.05, 4.69) is 15.6 Å². The summed E-state index contributed by atoms with van der Waals surface area (Å²) in [5, 5.41) is 5.59. The molecule has 1 aromatic heterocycles. The molecule has 6 nitrogen and oxygen atoms in total. The maximum atomic E-state index is 12.6. The molecule has 2 amide bonds. The van der Waals surface area contributed by atoms with Gasteiger partial charge in [0.1, 0.15) is 5.75 Å². The number of anilines is 2. The fourth-order valence-electron chi connectivity index (χ4n) is 2.54. The minimum Gasteiger partial charge on any atom is -0.494 e. The van der Waals surface area contributed by atoms with Crippen LogP contribution in [0.3, 0.4) is 0 Å². The molecule has 0 spiro atoms. The highest BCUT2D eigenvalue weighted by Crippen LogP contribution is 2.24. The highest BCUT2D eigenvalue weighted by Gasteiger charge is 2.12. The van der Waals surface area contributed by atoms with E-state index >= 15 is 0 Å². The van der Waals surface area contributed by atoms with Gasteiger partial charge in [0.15, 0.2) is 5.15 Å². The molecule has 2 N–H and O–H groups in total. The summed E-state index contributed by atoms with van der Waals surface area (Å²) in [6, 6.07) is 17.2. The lowest BCUT2D eigenvalue weighted by Crippen LogP contribution is -2.15. The molecule has 3 aromatic rings. The van der Waals surface area contributed by atoms with Gasteiger partial charge in [-0.2, -0.15) is 0 Å². The number of pyridine rings is 1. The Labute approximate surface area is 173 Å². The Morgan fingerprint density at radius 3 is 2.45 bits per heavy atom. The van der Waals surface area contributed by atoms with Gasteiger partial charge in [-0.15, -0.1) is 0 Å². The predicted octanol–water partition coefficient (Wildman–Crippen LogP) is 5.03. The molecule has 148 valence electrons. The number of hydrogen-bond acceptors (Lipinski definition) is 4. The summed E-state index contributed by atoms with van der Waals surface area (Å²) >= 11 is 6.10. The van der Waals surface area contributed by atoms with Gasteiger partial charge in [0, 0.05) is 11.1 Å². The summed E-state index contributed by atoms with van der Waals surface area (Å²) in [7, 11) is 0. The van der Waals surface area contributed by atoms with E-state index in [1.165, 1.54) is 6.20 Å². The molecule has 7 heteroatoms. The van der Waals surface area contributed by atoms with E-state index in [1.54, 1.807) is 54.6 Å². The molecule has 0 saturated carbocycles. The van der Waals surface area contributed by atoms with Crippen molar-refractivity contribution in [1.82, 2.24) is 4.98 Å². The lowest BCUT2D eigenvalue weighted by atomic mass is 10.2. The second-order valence-electron chi connectivity index (χ2n) is 6.21. The molecule has 2 aromatic carbocycles. The lowest BCUT2D eigenvalue weighted by molar-refractivity contribution is 0.101. The minimum atomic E-state index is -0.323. The Hall–Kier alpha value is -3.38. The molecule has 0 fully saturated rings. The fraction of sp³-hybridized carbons (Fsp3) is 0.136. The molecule has 0 unspecified atom stereocenters. The summed E-state index contributed by atoms with van der Waals surface area (Å²) < 4.78 is 5.56. The van der Waals surface area contributed by atoms with Gasteiger partial charge in [-0.25, -0.2) is 4.98 Å². The quantitative estimate of drug-likeness (QED) is 0.536. The number of halogens is 1. The molecule has 0 saturated heterocycles. The number of aromatic nitrogens is 1. The van der Waals surface area contributed by atoms with Gasteiger partial charge >= 0.3 is 0 Å². The molecule has 1 heterocycles. The van der Waals surface area contributed by atoms with E-state index in [0.717, 1.165) is 6.42 Å². The Kier molecular flexibility index (Phi) is 6.81. The summed E-state index contributed by atoms with van der Waals surface area (Å²) in [5.74, 6) is -0.0143. The van der Waals surface area contributed by atoms with Crippen molar-refractivity contribution >= 4 is 34.8 Å². The second-order valence-corrected chi connectivity index (χ2v) is 6.57. The number of amides is 2. The number of benzene rings is 2. The van der Waals surface area contributed by atoms with Crippen molar-refractivity contribution in [3.8, 4) is 5.75 Å². The van der Waals surface area contributed by atoms with Crippen molar-refractivity contribution in [3.63, 3.8) is 0 Å². The molecule has 3 rings (SSSR count). The first-order valence-corrected chi connectivity index (χ1v) is 9.50. The summed E-state index contributed by atoms with van der Waals surface area (Å²) in [4.78, 5) is 29.0. The van der Waals surface area contributed by atoms with Crippen molar-refractivity contribution < 1.29 is 14.3 Å². The highest BCUT2D eigenvalue weighted by molar-refractivity contribution is 6.32. The summed E-state index contributed by atoms with van der Waals surface area (Å²) in [5.41, 5.74) is 1.64. The van der Waals surface area contributed by atoms with E-state index in [1.807, 2.05) is 13.0 Å². The fourth-order valence-corrected chi connectivity index (χ4v) is 2.69. The Morgan fingerprint density at radius 2 is 1.69 bits per heavy atom. The average molecular weight is 410 g/mol. The topological polar surface area (TPSA) is 80.3 Å². The van der Waals surface area contributed by atoms with Crippen molar-refractivity contribution in [2.75, 3.05) is 17.2 Å². The largest absolute Gasteiger partial charge is 0.494 e. The zero-order valence-corrected chi connectivity index (χ0v) is 16.6. The predicted molar refractivity (Wildman–Crippen MR) is 114 cm³/mol. The van der Waals surface area contributed by atoms with Crippen molar-refractivity contribution in [2.45, 2.75) is 13.3 Å². The lowest BCUT2D eigenvalue weighted by Gasteiger charge is -2.11. The standard InChI is InChI=1S/C22H20ClN3O3/c1-2-11-29-18-10-6-9-16(12-18)22(28)25-17-13-19(20(23)24-14-17)26-21(27)15-7-4-3-5-8-15/h3-10,12-14H,2,11H2,1H3,(H,25,28)(H,26,27). The van der Waals surface area contributed by atoms with Crippen LogP contribution >= 0.6 is 11.6 Å². The van der Waals surface area contributed by atoms with Crippen LogP contribution < -0.4 is 15.4 Å². The Morgan fingerprint density at radius 1 is 0.966 bits per heavy atom. The van der Waals surface area contributed by atoms with Gasteiger partial charge in [-0.05, 0) is 42.8 Å². The molecule has 0 aliphatic carbocycles. The van der Waals surface area contributed by atoms with Crippen LogP contribution in [-0.2, 0) is 0 Å². The van der Waals surface area contributed by atoms with E-state index in [4.69, 9.17) is 16.3 Å². The van der Waals surface area contributed by atoms with Crippen LogP contribution in [0.25, 0.3) is 0 Å². The molecule has 0 aliphatic heterocycles. The number of carbonyl (C=O) groups excluding carboxylic acids is 2. The smallest absolute Gasteiger partial charge is 0.255 e. The second kappa shape index (κ2) is 9.71. The number of hydrogen-bond donors (Lipinski definition) is 2. The van der Waals surface area contributed by atoms with Crippen LogP contribution in [0.5, 0.6) is 5.75 Å². The zero-order valence-electron chi connectivity index (χ0n) is 15.8.